The molecule has 14 heteroatoms. The number of unbranched alkanes of at least 4 members (excludes halogenated alkanes) is 2. The molecule has 7 amide bonds. The summed E-state index contributed by atoms with van der Waals surface area (Å²) in [5.41, 5.74) is 7.66. The standard InChI is InChI=1S/C38H54N6O8/c1-21(2)27-18-25-19-28(27)32-31(25)36(49)44(37(32)50)17-8-6-7-11-30(46)43-33(22(3)4)35(48)42-29(10-9-16-40-38(39)51)34(47)41-26-14-12-24(13-15-26)20-52-23(5)45/h12-15,18,21-22,25,28-29,31-33H,6-11,16-17,19-20H2,1-5H3,(H,41,47)(H,42,48)(H,43,46)(H3,39,40,51)/t25?,28?,29-,31?,32?,33-/m0/s1. The number of amides is 7. The van der Waals surface area contributed by atoms with Crippen LogP contribution < -0.4 is 27.0 Å². The van der Waals surface area contributed by atoms with Crippen molar-refractivity contribution in [3.63, 3.8) is 0 Å². The number of hydrogen-bond acceptors (Lipinski definition) is 8. The van der Waals surface area contributed by atoms with Crippen LogP contribution in [0.1, 0.15) is 85.1 Å². The first-order valence-electron chi connectivity index (χ1n) is 18.4. The van der Waals surface area contributed by atoms with Crippen molar-refractivity contribution in [3.05, 3.63) is 41.5 Å². The number of benzene rings is 1. The molecule has 0 radical (unpaired) electrons. The van der Waals surface area contributed by atoms with Crippen LogP contribution in [0.15, 0.2) is 35.9 Å². The highest BCUT2D eigenvalue weighted by Crippen LogP contribution is 2.56. The lowest BCUT2D eigenvalue weighted by Gasteiger charge is -2.25. The fourth-order valence-electron chi connectivity index (χ4n) is 7.62. The van der Waals surface area contributed by atoms with E-state index in [2.05, 4.69) is 41.2 Å². The Hall–Kier alpha value is -4.75. The van der Waals surface area contributed by atoms with Crippen molar-refractivity contribution < 1.29 is 38.3 Å². The Balaban J connectivity index is 1.25. The number of carbonyl (C=O) groups is 7. The van der Waals surface area contributed by atoms with Gasteiger partial charge >= 0.3 is 12.0 Å². The number of anilines is 1. The highest BCUT2D eigenvalue weighted by atomic mass is 16.5. The van der Waals surface area contributed by atoms with E-state index in [0.29, 0.717) is 43.8 Å². The predicted molar refractivity (Wildman–Crippen MR) is 193 cm³/mol. The Bertz CT molecular complexity index is 1540. The largest absolute Gasteiger partial charge is 0.461 e. The number of allylic oxidation sites excluding steroid dienone is 2. The molecular weight excluding hydrogens is 668 g/mol. The van der Waals surface area contributed by atoms with Crippen molar-refractivity contribution in [3.8, 4) is 0 Å². The van der Waals surface area contributed by atoms with Gasteiger partial charge in [0.25, 0.3) is 0 Å². The van der Waals surface area contributed by atoms with Crippen molar-refractivity contribution in [1.82, 2.24) is 20.9 Å². The third-order valence-corrected chi connectivity index (χ3v) is 10.2. The summed E-state index contributed by atoms with van der Waals surface area (Å²) in [5.74, 6) is -1.90. The number of urea groups is 1. The van der Waals surface area contributed by atoms with Gasteiger partial charge in [0, 0.05) is 32.1 Å². The summed E-state index contributed by atoms with van der Waals surface area (Å²) in [4.78, 5) is 89.8. The molecule has 6 N–H and O–H groups in total. The summed E-state index contributed by atoms with van der Waals surface area (Å²) < 4.78 is 4.99. The number of rotatable bonds is 19. The zero-order valence-electron chi connectivity index (χ0n) is 30.9. The average Bonchev–Trinajstić information content (AvgIpc) is 3.75. The maximum absolute atomic E-state index is 13.5. The predicted octanol–water partition coefficient (Wildman–Crippen LogP) is 3.16. The summed E-state index contributed by atoms with van der Waals surface area (Å²) in [5, 5.41) is 10.8. The molecule has 0 spiro atoms. The molecular formula is C38H54N6O8. The van der Waals surface area contributed by atoms with Gasteiger partial charge < -0.3 is 31.7 Å². The molecule has 4 rings (SSSR count). The molecule has 3 aliphatic rings. The van der Waals surface area contributed by atoms with Crippen LogP contribution in [0.5, 0.6) is 0 Å². The molecule has 4 unspecified atom stereocenters. The second kappa shape index (κ2) is 18.1. The Labute approximate surface area is 305 Å². The molecule has 284 valence electrons. The van der Waals surface area contributed by atoms with Crippen molar-refractivity contribution in [2.75, 3.05) is 18.4 Å². The van der Waals surface area contributed by atoms with Crippen molar-refractivity contribution in [1.29, 1.82) is 0 Å². The number of nitrogens with two attached hydrogens (primary N) is 1. The number of primary amides is 1. The summed E-state index contributed by atoms with van der Waals surface area (Å²) in [6.45, 7) is 9.80. The number of nitrogens with one attached hydrogen (secondary N) is 4. The quantitative estimate of drug-likeness (QED) is 0.0619. The van der Waals surface area contributed by atoms with Crippen LogP contribution in [-0.4, -0.2) is 71.6 Å². The molecule has 1 saturated heterocycles. The first-order valence-corrected chi connectivity index (χ1v) is 18.4. The molecule has 14 nitrogen and oxygen atoms in total. The number of hydrogen-bond donors (Lipinski definition) is 5. The van der Waals surface area contributed by atoms with E-state index in [9.17, 15) is 33.6 Å². The molecule has 1 aromatic carbocycles. The molecule has 1 aliphatic heterocycles. The van der Waals surface area contributed by atoms with Gasteiger partial charge in [-0.25, -0.2) is 4.79 Å². The van der Waals surface area contributed by atoms with Crippen molar-refractivity contribution in [2.45, 2.75) is 98.3 Å². The molecule has 0 aromatic heterocycles. The Kier molecular flexibility index (Phi) is 14.0. The zero-order chi connectivity index (χ0) is 38.1. The van der Waals surface area contributed by atoms with E-state index in [1.165, 1.54) is 17.4 Å². The number of ether oxygens (including phenoxy) is 1. The molecule has 2 aliphatic carbocycles. The fraction of sp³-hybridized carbons (Fsp3) is 0.605. The highest BCUT2D eigenvalue weighted by Gasteiger charge is 2.61. The topological polar surface area (TPSA) is 206 Å². The third kappa shape index (κ3) is 10.2. The number of carbonyl (C=O) groups excluding carboxylic acids is 7. The van der Waals surface area contributed by atoms with Crippen LogP contribution in [0.2, 0.25) is 0 Å². The Morgan fingerprint density at radius 2 is 1.60 bits per heavy atom. The lowest BCUT2D eigenvalue weighted by atomic mass is 9.78. The maximum Gasteiger partial charge on any atom is 0.312 e. The monoisotopic (exact) mass is 722 g/mol. The number of imide groups is 1. The lowest BCUT2D eigenvalue weighted by Crippen LogP contribution is -2.54. The Morgan fingerprint density at radius 1 is 0.904 bits per heavy atom. The van der Waals surface area contributed by atoms with E-state index >= 15 is 0 Å². The number of fused-ring (bicyclic) bond motifs is 5. The fourth-order valence-corrected chi connectivity index (χ4v) is 7.62. The minimum absolute atomic E-state index is 0.0532. The van der Waals surface area contributed by atoms with E-state index in [0.717, 1.165) is 12.0 Å². The van der Waals surface area contributed by atoms with Gasteiger partial charge in [-0.15, -0.1) is 0 Å². The summed E-state index contributed by atoms with van der Waals surface area (Å²) in [6.07, 6.45) is 5.55. The molecule has 2 bridgehead atoms. The van der Waals surface area contributed by atoms with Crippen LogP contribution in [0.25, 0.3) is 0 Å². The Morgan fingerprint density at radius 3 is 2.23 bits per heavy atom. The molecule has 52 heavy (non-hydrogen) atoms. The molecule has 6 atom stereocenters. The highest BCUT2D eigenvalue weighted by molar-refractivity contribution is 6.06. The average molecular weight is 723 g/mol. The van der Waals surface area contributed by atoms with E-state index < -0.39 is 35.9 Å². The summed E-state index contributed by atoms with van der Waals surface area (Å²) in [6, 6.07) is 4.10. The smallest absolute Gasteiger partial charge is 0.312 e. The van der Waals surface area contributed by atoms with Gasteiger partial charge in [-0.2, -0.15) is 0 Å². The number of likely N-dealkylation sites (tertiary alicyclic amines) is 1. The number of nitrogens with zero attached hydrogens (tertiary/aromatic N) is 1. The van der Waals surface area contributed by atoms with Gasteiger partial charge in [-0.05, 0) is 73.5 Å². The van der Waals surface area contributed by atoms with Crippen LogP contribution in [-0.2, 0) is 40.1 Å². The SMILES string of the molecule is CC(=O)OCc1ccc(NC(=O)[C@H](CCCNC(N)=O)NC(=O)[C@@H](NC(=O)CCCCCN2C(=O)C3C4C=C(C(C)C)C(C4)C3C2=O)C(C)C)cc1. The first kappa shape index (κ1) is 40.0. The molecule has 2 fully saturated rings. The van der Waals surface area contributed by atoms with E-state index in [1.807, 2.05) is 0 Å². The summed E-state index contributed by atoms with van der Waals surface area (Å²) in [7, 11) is 0. The minimum atomic E-state index is -0.987. The van der Waals surface area contributed by atoms with Gasteiger partial charge in [0.2, 0.25) is 29.5 Å². The van der Waals surface area contributed by atoms with Gasteiger partial charge in [0.1, 0.15) is 18.7 Å². The molecule has 1 aromatic rings. The zero-order valence-corrected chi connectivity index (χ0v) is 30.9. The minimum Gasteiger partial charge on any atom is -0.461 e. The second-order valence-corrected chi connectivity index (χ2v) is 14.8. The normalized spacial score (nSPS) is 21.4. The van der Waals surface area contributed by atoms with E-state index in [1.54, 1.807) is 38.1 Å². The van der Waals surface area contributed by atoms with Crippen LogP contribution in [0, 0.1) is 35.5 Å². The molecule has 1 heterocycles. The van der Waals surface area contributed by atoms with Crippen LogP contribution in [0.4, 0.5) is 10.5 Å². The van der Waals surface area contributed by atoms with E-state index in [4.69, 9.17) is 10.5 Å². The van der Waals surface area contributed by atoms with E-state index in [-0.39, 0.29) is 73.3 Å². The van der Waals surface area contributed by atoms with Gasteiger partial charge in [-0.1, -0.05) is 57.9 Å². The van der Waals surface area contributed by atoms with Crippen LogP contribution >= 0.6 is 0 Å². The maximum atomic E-state index is 13.5. The molecule has 1 saturated carbocycles. The van der Waals surface area contributed by atoms with Gasteiger partial charge in [0.15, 0.2) is 0 Å². The summed E-state index contributed by atoms with van der Waals surface area (Å²) >= 11 is 0. The van der Waals surface area contributed by atoms with Crippen molar-refractivity contribution >= 4 is 47.2 Å². The lowest BCUT2D eigenvalue weighted by molar-refractivity contribution is -0.142. The van der Waals surface area contributed by atoms with Gasteiger partial charge in [0.05, 0.1) is 11.8 Å². The van der Waals surface area contributed by atoms with Crippen molar-refractivity contribution in [2.24, 2.45) is 41.2 Å². The first-order chi connectivity index (χ1) is 24.7. The van der Waals surface area contributed by atoms with Gasteiger partial charge in [-0.3, -0.25) is 33.7 Å². The van der Waals surface area contributed by atoms with Crippen LogP contribution in [0.3, 0.4) is 0 Å². The third-order valence-electron chi connectivity index (χ3n) is 10.2. The second-order valence-electron chi connectivity index (χ2n) is 14.8. The number of esters is 1.